The Hall–Kier alpha value is -3.61. The second-order valence-electron chi connectivity index (χ2n) is 6.59. The van der Waals surface area contributed by atoms with Crippen molar-refractivity contribution in [3.05, 3.63) is 89.1 Å². The summed E-state index contributed by atoms with van der Waals surface area (Å²) in [5.74, 6) is 0.311. The van der Waals surface area contributed by atoms with Gasteiger partial charge in [-0.15, -0.1) is 0 Å². The van der Waals surface area contributed by atoms with Gasteiger partial charge in [-0.25, -0.2) is 4.39 Å². The fraction of sp³-hybridized carbons (Fsp3) is 0.182. The molecule has 0 aliphatic heterocycles. The van der Waals surface area contributed by atoms with Crippen LogP contribution >= 0.6 is 0 Å². The molecule has 0 radical (unpaired) electrons. The van der Waals surface area contributed by atoms with E-state index < -0.39 is 0 Å². The van der Waals surface area contributed by atoms with Crippen LogP contribution in [0.25, 0.3) is 0 Å². The highest BCUT2D eigenvalue weighted by Crippen LogP contribution is 2.15. The van der Waals surface area contributed by atoms with Crippen LogP contribution in [0.5, 0.6) is 5.75 Å². The number of carbonyl (C=O) groups excluding carboxylic acids is 2. The third-order valence-electron chi connectivity index (χ3n) is 4.11. The van der Waals surface area contributed by atoms with E-state index in [-0.39, 0.29) is 36.5 Å². The van der Waals surface area contributed by atoms with Crippen molar-refractivity contribution < 1.29 is 23.1 Å². The molecule has 150 valence electrons. The van der Waals surface area contributed by atoms with Crippen LogP contribution in [-0.2, 0) is 13.2 Å². The molecule has 0 atom stereocenters. The lowest BCUT2D eigenvalue weighted by Crippen LogP contribution is -2.24. The molecule has 29 heavy (non-hydrogen) atoms. The first-order chi connectivity index (χ1) is 13.9. The third kappa shape index (κ3) is 5.44. The molecular formula is C22H21FN2O4. The molecule has 0 spiro atoms. The molecule has 0 saturated heterocycles. The fourth-order valence-electron chi connectivity index (χ4n) is 2.60. The molecule has 0 unspecified atom stereocenters. The number of nitrogens with one attached hydrogen (secondary N) is 1. The average Bonchev–Trinajstić information content (AvgIpc) is 3.20. The highest BCUT2D eigenvalue weighted by atomic mass is 19.1. The van der Waals surface area contributed by atoms with Gasteiger partial charge in [-0.2, -0.15) is 0 Å². The average molecular weight is 396 g/mol. The third-order valence-corrected chi connectivity index (χ3v) is 4.11. The lowest BCUT2D eigenvalue weighted by molar-refractivity contribution is 0.0827. The van der Waals surface area contributed by atoms with Crippen molar-refractivity contribution in [3.63, 3.8) is 0 Å². The summed E-state index contributed by atoms with van der Waals surface area (Å²) in [4.78, 5) is 25.8. The summed E-state index contributed by atoms with van der Waals surface area (Å²) >= 11 is 0. The molecule has 0 fully saturated rings. The highest BCUT2D eigenvalue weighted by Gasteiger charge is 2.13. The number of halogens is 1. The summed E-state index contributed by atoms with van der Waals surface area (Å²) < 4.78 is 23.9. The first-order valence-electron chi connectivity index (χ1n) is 8.98. The zero-order valence-corrected chi connectivity index (χ0v) is 16.1. The maximum absolute atomic E-state index is 12.9. The van der Waals surface area contributed by atoms with E-state index in [1.165, 1.54) is 29.2 Å². The molecule has 2 amide bonds. The fourth-order valence-corrected chi connectivity index (χ4v) is 2.60. The Bertz CT molecular complexity index is 996. The minimum absolute atomic E-state index is 0.102. The molecule has 1 N–H and O–H groups in total. The van der Waals surface area contributed by atoms with E-state index in [0.717, 1.165) is 5.56 Å². The number of carbonyl (C=O) groups is 2. The van der Waals surface area contributed by atoms with Gasteiger partial charge in [0.1, 0.15) is 23.9 Å². The van der Waals surface area contributed by atoms with Gasteiger partial charge < -0.3 is 19.4 Å². The monoisotopic (exact) mass is 396 g/mol. The summed E-state index contributed by atoms with van der Waals surface area (Å²) in [6.07, 6.45) is 0. The van der Waals surface area contributed by atoms with Crippen molar-refractivity contribution in [1.82, 2.24) is 10.2 Å². The summed E-state index contributed by atoms with van der Waals surface area (Å²) in [6.45, 7) is 0.378. The van der Waals surface area contributed by atoms with Crippen LogP contribution in [0.2, 0.25) is 0 Å². The SMILES string of the molecule is CN(C)C(=O)c1cccc(CNC(=O)c2ccc(COc3ccc(F)cc3)o2)c1. The Morgan fingerprint density at radius 2 is 1.83 bits per heavy atom. The molecule has 0 aliphatic carbocycles. The van der Waals surface area contributed by atoms with E-state index in [9.17, 15) is 14.0 Å². The Labute approximate surface area is 167 Å². The van der Waals surface area contributed by atoms with Gasteiger partial charge in [0.05, 0.1) is 0 Å². The Kier molecular flexibility index (Phi) is 6.29. The number of ether oxygens (including phenoxy) is 1. The Morgan fingerprint density at radius 1 is 1.07 bits per heavy atom. The number of hydrogen-bond donors (Lipinski definition) is 1. The van der Waals surface area contributed by atoms with Crippen molar-refractivity contribution in [2.75, 3.05) is 14.1 Å². The second kappa shape index (κ2) is 9.05. The standard InChI is InChI=1S/C22H21FN2O4/c1-25(2)22(27)16-5-3-4-15(12-16)13-24-21(26)20-11-10-19(29-20)14-28-18-8-6-17(23)7-9-18/h3-12H,13-14H2,1-2H3,(H,24,26). The smallest absolute Gasteiger partial charge is 0.287 e. The molecule has 1 heterocycles. The molecule has 2 aromatic carbocycles. The van der Waals surface area contributed by atoms with Crippen LogP contribution in [0.3, 0.4) is 0 Å². The summed E-state index contributed by atoms with van der Waals surface area (Å²) in [5.41, 5.74) is 1.36. The van der Waals surface area contributed by atoms with Gasteiger partial charge in [-0.3, -0.25) is 9.59 Å². The van der Waals surface area contributed by atoms with E-state index in [1.54, 1.807) is 44.4 Å². The maximum atomic E-state index is 12.9. The number of amides is 2. The molecular weight excluding hydrogens is 375 g/mol. The largest absolute Gasteiger partial charge is 0.486 e. The minimum Gasteiger partial charge on any atom is -0.486 e. The number of benzene rings is 2. The molecule has 0 bridgehead atoms. The van der Waals surface area contributed by atoms with Crippen LogP contribution in [0.15, 0.2) is 65.1 Å². The van der Waals surface area contributed by atoms with Gasteiger partial charge in [0.15, 0.2) is 5.76 Å². The topological polar surface area (TPSA) is 71.8 Å². The predicted molar refractivity (Wildman–Crippen MR) is 105 cm³/mol. The van der Waals surface area contributed by atoms with E-state index >= 15 is 0 Å². The number of rotatable bonds is 7. The molecule has 0 saturated carbocycles. The first-order valence-corrected chi connectivity index (χ1v) is 8.98. The highest BCUT2D eigenvalue weighted by molar-refractivity contribution is 5.94. The molecule has 0 aliphatic rings. The van der Waals surface area contributed by atoms with E-state index in [0.29, 0.717) is 17.1 Å². The summed E-state index contributed by atoms with van der Waals surface area (Å²) in [7, 11) is 3.37. The van der Waals surface area contributed by atoms with Gasteiger partial charge in [-0.1, -0.05) is 12.1 Å². The molecule has 7 heteroatoms. The van der Waals surface area contributed by atoms with Gasteiger partial charge in [-0.05, 0) is 54.1 Å². The number of furan rings is 1. The van der Waals surface area contributed by atoms with Crippen molar-refractivity contribution in [1.29, 1.82) is 0 Å². The van der Waals surface area contributed by atoms with E-state index in [1.807, 2.05) is 6.07 Å². The normalized spacial score (nSPS) is 10.4. The second-order valence-corrected chi connectivity index (χ2v) is 6.59. The van der Waals surface area contributed by atoms with Crippen molar-refractivity contribution in [2.45, 2.75) is 13.2 Å². The van der Waals surface area contributed by atoms with Crippen LogP contribution < -0.4 is 10.1 Å². The summed E-state index contributed by atoms with van der Waals surface area (Å²) in [5, 5.41) is 2.76. The first kappa shape index (κ1) is 20.1. The molecule has 6 nitrogen and oxygen atoms in total. The number of hydrogen-bond acceptors (Lipinski definition) is 4. The Balaban J connectivity index is 1.54. The quantitative estimate of drug-likeness (QED) is 0.662. The maximum Gasteiger partial charge on any atom is 0.287 e. The van der Waals surface area contributed by atoms with E-state index in [2.05, 4.69) is 5.32 Å². The van der Waals surface area contributed by atoms with Crippen molar-refractivity contribution in [2.24, 2.45) is 0 Å². The summed E-state index contributed by atoms with van der Waals surface area (Å²) in [6, 6.07) is 15.9. The molecule has 3 rings (SSSR count). The zero-order valence-electron chi connectivity index (χ0n) is 16.1. The van der Waals surface area contributed by atoms with Crippen LogP contribution in [-0.4, -0.2) is 30.8 Å². The van der Waals surface area contributed by atoms with Crippen molar-refractivity contribution >= 4 is 11.8 Å². The van der Waals surface area contributed by atoms with Crippen LogP contribution in [0.1, 0.15) is 32.2 Å². The van der Waals surface area contributed by atoms with Gasteiger partial charge in [0.2, 0.25) is 0 Å². The Morgan fingerprint density at radius 3 is 2.55 bits per heavy atom. The molecule has 3 aromatic rings. The van der Waals surface area contributed by atoms with Crippen LogP contribution in [0, 0.1) is 5.82 Å². The minimum atomic E-state index is -0.373. The van der Waals surface area contributed by atoms with E-state index in [4.69, 9.17) is 9.15 Å². The van der Waals surface area contributed by atoms with Crippen molar-refractivity contribution in [3.8, 4) is 5.75 Å². The lowest BCUT2D eigenvalue weighted by Gasteiger charge is -2.11. The van der Waals surface area contributed by atoms with Gasteiger partial charge in [0.25, 0.3) is 11.8 Å². The predicted octanol–water partition coefficient (Wildman–Crippen LogP) is 3.63. The van der Waals surface area contributed by atoms with Crippen LogP contribution in [0.4, 0.5) is 4.39 Å². The van der Waals surface area contributed by atoms with Gasteiger partial charge >= 0.3 is 0 Å². The number of nitrogens with zero attached hydrogens (tertiary/aromatic N) is 1. The zero-order chi connectivity index (χ0) is 20.8. The lowest BCUT2D eigenvalue weighted by atomic mass is 10.1. The van der Waals surface area contributed by atoms with Gasteiger partial charge in [0, 0.05) is 26.2 Å². The molecule has 1 aromatic heterocycles.